The number of hydrogen-bond acceptors (Lipinski definition) is 5. The van der Waals surface area contributed by atoms with Crippen LogP contribution in [0.4, 0.5) is 21.7 Å². The van der Waals surface area contributed by atoms with Gasteiger partial charge >= 0.3 is 0 Å². The Balaban J connectivity index is 1.43. The zero-order valence-corrected chi connectivity index (χ0v) is 17.5. The second-order valence-corrected chi connectivity index (χ2v) is 7.90. The van der Waals surface area contributed by atoms with Crippen molar-refractivity contribution in [3.05, 3.63) is 72.3 Å². The molecule has 8 heteroatoms. The largest absolute Gasteiger partial charge is 0.372 e. The smallest absolute Gasteiger partial charge is 0.250 e. The summed E-state index contributed by atoms with van der Waals surface area (Å²) in [6.07, 6.45) is 6.95. The highest BCUT2D eigenvalue weighted by Crippen LogP contribution is 2.26. The Labute approximate surface area is 184 Å². The molecule has 0 saturated carbocycles. The van der Waals surface area contributed by atoms with Gasteiger partial charge in [0, 0.05) is 42.2 Å². The highest BCUT2D eigenvalue weighted by Gasteiger charge is 2.16. The lowest BCUT2D eigenvalue weighted by atomic mass is 10.1. The van der Waals surface area contributed by atoms with Gasteiger partial charge in [0.25, 0.3) is 5.91 Å². The molecule has 1 saturated heterocycles. The van der Waals surface area contributed by atoms with Crippen LogP contribution in [0.5, 0.6) is 0 Å². The number of carbonyl (C=O) groups excluding carboxylic acids is 1. The molecular weight excluding hydrogens is 407 g/mol. The highest BCUT2D eigenvalue weighted by atomic mass is 19.1. The maximum atomic E-state index is 13.9. The van der Waals surface area contributed by atoms with Crippen molar-refractivity contribution < 1.29 is 9.18 Å². The van der Waals surface area contributed by atoms with Gasteiger partial charge in [0.2, 0.25) is 5.95 Å². The number of anilines is 3. The van der Waals surface area contributed by atoms with Gasteiger partial charge in [-0.05, 0) is 67.8 Å². The molecule has 4 aromatic rings. The summed E-state index contributed by atoms with van der Waals surface area (Å²) in [6.45, 7) is 2.19. The molecule has 0 unspecified atom stereocenters. The quantitative estimate of drug-likeness (QED) is 0.490. The van der Waals surface area contributed by atoms with E-state index in [-0.39, 0.29) is 0 Å². The van der Waals surface area contributed by atoms with Crippen molar-refractivity contribution >= 4 is 34.1 Å². The van der Waals surface area contributed by atoms with Gasteiger partial charge in [0.1, 0.15) is 11.6 Å². The molecule has 1 amide bonds. The van der Waals surface area contributed by atoms with E-state index in [0.29, 0.717) is 28.2 Å². The number of rotatable bonds is 5. The molecule has 0 spiro atoms. The van der Waals surface area contributed by atoms with Gasteiger partial charge in [-0.15, -0.1) is 0 Å². The van der Waals surface area contributed by atoms with Crippen LogP contribution in [0.25, 0.3) is 16.7 Å². The Kier molecular flexibility index (Phi) is 5.18. The molecule has 0 bridgehead atoms. The molecule has 0 atom stereocenters. The molecule has 1 fully saturated rings. The summed E-state index contributed by atoms with van der Waals surface area (Å²) >= 11 is 0. The molecule has 7 nitrogen and oxygen atoms in total. The number of nitrogens with two attached hydrogens (primary N) is 1. The minimum atomic E-state index is -0.582. The first-order chi connectivity index (χ1) is 15.6. The number of carbonyl (C=O) groups is 1. The highest BCUT2D eigenvalue weighted by molar-refractivity contribution is 6.06. The van der Waals surface area contributed by atoms with Crippen molar-refractivity contribution in [1.29, 1.82) is 0 Å². The lowest BCUT2D eigenvalue weighted by Crippen LogP contribution is -2.29. The van der Waals surface area contributed by atoms with Crippen molar-refractivity contribution in [1.82, 2.24) is 14.5 Å². The topological polar surface area (TPSA) is 89.1 Å². The Morgan fingerprint density at radius 3 is 2.56 bits per heavy atom. The van der Waals surface area contributed by atoms with Crippen LogP contribution in [0.2, 0.25) is 0 Å². The number of primary amides is 1. The third kappa shape index (κ3) is 3.87. The number of nitrogens with zero attached hydrogens (tertiary/aromatic N) is 4. The molecule has 2 aromatic carbocycles. The summed E-state index contributed by atoms with van der Waals surface area (Å²) in [4.78, 5) is 23.1. The zero-order valence-electron chi connectivity index (χ0n) is 17.5. The summed E-state index contributed by atoms with van der Waals surface area (Å²) in [7, 11) is 0. The van der Waals surface area contributed by atoms with Crippen LogP contribution >= 0.6 is 0 Å². The maximum Gasteiger partial charge on any atom is 0.250 e. The van der Waals surface area contributed by atoms with Crippen molar-refractivity contribution in [2.24, 2.45) is 5.73 Å². The maximum absolute atomic E-state index is 13.9. The third-order valence-electron chi connectivity index (χ3n) is 5.77. The van der Waals surface area contributed by atoms with Gasteiger partial charge in [-0.2, -0.15) is 4.98 Å². The first-order valence-corrected chi connectivity index (χ1v) is 10.6. The van der Waals surface area contributed by atoms with Gasteiger partial charge in [0.15, 0.2) is 0 Å². The second-order valence-electron chi connectivity index (χ2n) is 7.90. The van der Waals surface area contributed by atoms with Crippen molar-refractivity contribution in [2.45, 2.75) is 19.3 Å². The molecule has 0 radical (unpaired) electrons. The average Bonchev–Trinajstić information content (AvgIpc) is 3.19. The van der Waals surface area contributed by atoms with E-state index in [1.165, 1.54) is 37.1 Å². The van der Waals surface area contributed by atoms with Gasteiger partial charge in [-0.3, -0.25) is 4.79 Å². The van der Waals surface area contributed by atoms with Crippen molar-refractivity contribution in [2.75, 3.05) is 23.3 Å². The number of hydrogen-bond donors (Lipinski definition) is 2. The Hall–Kier alpha value is -3.94. The van der Waals surface area contributed by atoms with E-state index in [0.717, 1.165) is 18.8 Å². The van der Waals surface area contributed by atoms with Gasteiger partial charge < -0.3 is 20.5 Å². The molecule has 3 N–H and O–H groups in total. The van der Waals surface area contributed by atoms with E-state index in [1.54, 1.807) is 29.1 Å². The number of aromatic nitrogens is 3. The standard InChI is InChI=1S/C24H23FN6O/c25-16-4-9-19-20(23(26)32)15-31(21(19)14-16)22-10-11-27-24(29-22)28-17-5-7-18(8-6-17)30-12-2-1-3-13-30/h4-11,14-15H,1-3,12-13H2,(H2,26,32)(H,27,28,29). The SMILES string of the molecule is NC(=O)c1cn(-c2ccnc(Nc3ccc(N4CCCCC4)cc3)n2)c2cc(F)ccc12. The molecule has 5 rings (SSSR count). The Bertz CT molecular complexity index is 1280. The number of halogens is 1. The number of benzene rings is 2. The van der Waals surface area contributed by atoms with E-state index in [2.05, 4.69) is 32.3 Å². The van der Waals surface area contributed by atoms with Crippen LogP contribution in [0, 0.1) is 5.82 Å². The molecule has 162 valence electrons. The van der Waals surface area contributed by atoms with Crippen LogP contribution in [0.15, 0.2) is 60.9 Å². The monoisotopic (exact) mass is 430 g/mol. The summed E-state index contributed by atoms with van der Waals surface area (Å²) < 4.78 is 15.5. The Morgan fingerprint density at radius 1 is 1.03 bits per heavy atom. The lowest BCUT2D eigenvalue weighted by Gasteiger charge is -2.28. The van der Waals surface area contributed by atoms with E-state index in [1.807, 2.05) is 12.1 Å². The van der Waals surface area contributed by atoms with Crippen molar-refractivity contribution in [3.63, 3.8) is 0 Å². The first-order valence-electron chi connectivity index (χ1n) is 10.6. The van der Waals surface area contributed by atoms with Crippen LogP contribution in [0.1, 0.15) is 29.6 Å². The molecule has 0 aliphatic carbocycles. The van der Waals surface area contributed by atoms with E-state index in [4.69, 9.17) is 5.73 Å². The molecule has 3 heterocycles. The Morgan fingerprint density at radius 2 is 1.81 bits per heavy atom. The van der Waals surface area contributed by atoms with E-state index in [9.17, 15) is 9.18 Å². The number of piperidine rings is 1. The lowest BCUT2D eigenvalue weighted by molar-refractivity contribution is 0.100. The third-order valence-corrected chi connectivity index (χ3v) is 5.77. The normalized spacial score (nSPS) is 14.0. The molecule has 1 aliphatic rings. The predicted octanol–water partition coefficient (Wildman–Crippen LogP) is 4.39. The summed E-state index contributed by atoms with van der Waals surface area (Å²) in [5, 5.41) is 3.78. The fourth-order valence-corrected chi connectivity index (χ4v) is 4.17. The molecule has 2 aromatic heterocycles. The van der Waals surface area contributed by atoms with Gasteiger partial charge in [-0.25, -0.2) is 9.37 Å². The minimum Gasteiger partial charge on any atom is -0.372 e. The number of nitrogens with one attached hydrogen (secondary N) is 1. The van der Waals surface area contributed by atoms with Crippen LogP contribution < -0.4 is 16.0 Å². The molecule has 1 aliphatic heterocycles. The fraction of sp³-hybridized carbons (Fsp3) is 0.208. The van der Waals surface area contributed by atoms with E-state index >= 15 is 0 Å². The van der Waals surface area contributed by atoms with E-state index < -0.39 is 11.7 Å². The van der Waals surface area contributed by atoms with Crippen LogP contribution in [-0.2, 0) is 0 Å². The molecular formula is C24H23FN6O. The van der Waals surface area contributed by atoms with Gasteiger partial charge in [0.05, 0.1) is 11.1 Å². The van der Waals surface area contributed by atoms with Gasteiger partial charge in [-0.1, -0.05) is 0 Å². The molecule has 32 heavy (non-hydrogen) atoms. The van der Waals surface area contributed by atoms with Crippen LogP contribution in [0.3, 0.4) is 0 Å². The summed E-state index contributed by atoms with van der Waals surface area (Å²) in [5.74, 6) is -0.0988. The van der Waals surface area contributed by atoms with Crippen LogP contribution in [-0.4, -0.2) is 33.5 Å². The number of amides is 1. The average molecular weight is 430 g/mol. The zero-order chi connectivity index (χ0) is 22.1. The summed E-state index contributed by atoms with van der Waals surface area (Å²) in [6, 6.07) is 14.1. The first kappa shape index (κ1) is 20.0. The number of fused-ring (bicyclic) bond motifs is 1. The summed E-state index contributed by atoms with van der Waals surface area (Å²) in [5.41, 5.74) is 8.41. The van der Waals surface area contributed by atoms with Crippen molar-refractivity contribution in [3.8, 4) is 5.82 Å². The minimum absolute atomic E-state index is 0.307. The second kappa shape index (κ2) is 8.30. The predicted molar refractivity (Wildman–Crippen MR) is 123 cm³/mol. The fourth-order valence-electron chi connectivity index (χ4n) is 4.17.